The van der Waals surface area contributed by atoms with E-state index >= 15 is 0 Å². The SMILES string of the molecule is O=C(CO)N1CCN(C(=O)CCc2ccc(Cl)s2)CC1. The summed E-state index contributed by atoms with van der Waals surface area (Å²) in [7, 11) is 0. The lowest BCUT2D eigenvalue weighted by Crippen LogP contribution is -2.51. The Balaban J connectivity index is 1.76. The van der Waals surface area contributed by atoms with Gasteiger partial charge in [0.05, 0.1) is 4.34 Å². The summed E-state index contributed by atoms with van der Waals surface area (Å²) in [6.45, 7) is 1.60. The van der Waals surface area contributed by atoms with Crippen molar-refractivity contribution in [3.8, 4) is 0 Å². The molecule has 0 bridgehead atoms. The minimum atomic E-state index is -0.465. The van der Waals surface area contributed by atoms with Gasteiger partial charge in [-0.15, -0.1) is 11.3 Å². The average molecular weight is 317 g/mol. The number of amides is 2. The topological polar surface area (TPSA) is 60.9 Å². The third-order valence-corrected chi connectivity index (χ3v) is 4.63. The number of thiophene rings is 1. The molecule has 0 aliphatic carbocycles. The van der Waals surface area contributed by atoms with Crippen LogP contribution in [0.15, 0.2) is 12.1 Å². The number of piperazine rings is 1. The van der Waals surface area contributed by atoms with Gasteiger partial charge >= 0.3 is 0 Å². The molecule has 0 aromatic carbocycles. The van der Waals surface area contributed by atoms with Crippen LogP contribution in [0.25, 0.3) is 0 Å². The molecule has 2 rings (SSSR count). The molecular formula is C13H17ClN2O3S. The minimum Gasteiger partial charge on any atom is -0.387 e. The van der Waals surface area contributed by atoms with Crippen LogP contribution in [0, 0.1) is 0 Å². The number of carbonyl (C=O) groups excluding carboxylic acids is 2. The highest BCUT2D eigenvalue weighted by atomic mass is 35.5. The number of nitrogens with zero attached hydrogens (tertiary/aromatic N) is 2. The third kappa shape index (κ3) is 3.94. The molecule has 1 aromatic rings. The van der Waals surface area contributed by atoms with Crippen molar-refractivity contribution in [1.82, 2.24) is 9.80 Å². The molecule has 1 saturated heterocycles. The van der Waals surface area contributed by atoms with Gasteiger partial charge < -0.3 is 14.9 Å². The van der Waals surface area contributed by atoms with E-state index in [9.17, 15) is 9.59 Å². The molecule has 1 N–H and O–H groups in total. The second kappa shape index (κ2) is 7.06. The van der Waals surface area contributed by atoms with Crippen molar-refractivity contribution in [3.05, 3.63) is 21.3 Å². The summed E-state index contributed by atoms with van der Waals surface area (Å²) in [5, 5.41) is 8.79. The molecule has 1 aliphatic rings. The number of hydrogen-bond donors (Lipinski definition) is 1. The van der Waals surface area contributed by atoms with Crippen LogP contribution >= 0.6 is 22.9 Å². The first kappa shape index (κ1) is 15.3. The maximum atomic E-state index is 12.1. The number of aliphatic hydroxyl groups excluding tert-OH is 1. The lowest BCUT2D eigenvalue weighted by Gasteiger charge is -2.34. The Morgan fingerprint density at radius 1 is 1.15 bits per heavy atom. The van der Waals surface area contributed by atoms with E-state index in [1.165, 1.54) is 11.3 Å². The molecule has 1 aromatic heterocycles. The lowest BCUT2D eigenvalue weighted by atomic mass is 10.2. The van der Waals surface area contributed by atoms with E-state index in [0.29, 0.717) is 39.0 Å². The number of carbonyl (C=O) groups is 2. The Kier molecular flexibility index (Phi) is 5.39. The van der Waals surface area contributed by atoms with Crippen LogP contribution in [0.1, 0.15) is 11.3 Å². The molecule has 2 heterocycles. The highest BCUT2D eigenvalue weighted by Crippen LogP contribution is 2.22. The fourth-order valence-corrected chi connectivity index (χ4v) is 3.27. The van der Waals surface area contributed by atoms with Gasteiger partial charge in [-0.25, -0.2) is 0 Å². The molecule has 1 fully saturated rings. The van der Waals surface area contributed by atoms with Gasteiger partial charge in [0.2, 0.25) is 11.8 Å². The van der Waals surface area contributed by atoms with Crippen molar-refractivity contribution in [2.24, 2.45) is 0 Å². The van der Waals surface area contributed by atoms with E-state index in [2.05, 4.69) is 0 Å². The van der Waals surface area contributed by atoms with E-state index in [1.807, 2.05) is 12.1 Å². The molecule has 7 heteroatoms. The normalized spacial score (nSPS) is 15.5. The molecular weight excluding hydrogens is 300 g/mol. The van der Waals surface area contributed by atoms with Crippen molar-refractivity contribution in [2.45, 2.75) is 12.8 Å². The lowest BCUT2D eigenvalue weighted by molar-refractivity contribution is -0.141. The zero-order chi connectivity index (χ0) is 14.5. The summed E-state index contributed by atoms with van der Waals surface area (Å²) in [5.41, 5.74) is 0. The Morgan fingerprint density at radius 3 is 2.25 bits per heavy atom. The molecule has 2 amide bonds. The largest absolute Gasteiger partial charge is 0.387 e. The fourth-order valence-electron chi connectivity index (χ4n) is 2.18. The second-order valence-corrected chi connectivity index (χ2v) is 6.43. The molecule has 0 saturated carbocycles. The smallest absolute Gasteiger partial charge is 0.248 e. The van der Waals surface area contributed by atoms with Crippen LogP contribution < -0.4 is 0 Å². The molecule has 20 heavy (non-hydrogen) atoms. The van der Waals surface area contributed by atoms with Crippen LogP contribution in [0.3, 0.4) is 0 Å². The minimum absolute atomic E-state index is 0.102. The van der Waals surface area contributed by atoms with Gasteiger partial charge in [-0.05, 0) is 18.6 Å². The molecule has 110 valence electrons. The number of halogens is 1. The monoisotopic (exact) mass is 316 g/mol. The zero-order valence-electron chi connectivity index (χ0n) is 11.0. The zero-order valence-corrected chi connectivity index (χ0v) is 12.6. The highest BCUT2D eigenvalue weighted by Gasteiger charge is 2.23. The summed E-state index contributed by atoms with van der Waals surface area (Å²) < 4.78 is 0.739. The highest BCUT2D eigenvalue weighted by molar-refractivity contribution is 7.16. The van der Waals surface area contributed by atoms with E-state index in [-0.39, 0.29) is 11.8 Å². The molecule has 0 radical (unpaired) electrons. The quantitative estimate of drug-likeness (QED) is 0.901. The van der Waals surface area contributed by atoms with Crippen molar-refractivity contribution < 1.29 is 14.7 Å². The molecule has 5 nitrogen and oxygen atoms in total. The Labute approximate surface area is 126 Å². The van der Waals surface area contributed by atoms with Crippen molar-refractivity contribution in [1.29, 1.82) is 0 Å². The van der Waals surface area contributed by atoms with Gasteiger partial charge in [-0.3, -0.25) is 9.59 Å². The van der Waals surface area contributed by atoms with Crippen LogP contribution in [0.5, 0.6) is 0 Å². The van der Waals surface area contributed by atoms with Crippen molar-refractivity contribution in [3.63, 3.8) is 0 Å². The van der Waals surface area contributed by atoms with Crippen LogP contribution in [0.4, 0.5) is 0 Å². The Bertz CT molecular complexity index is 484. The van der Waals surface area contributed by atoms with E-state index in [1.54, 1.807) is 9.80 Å². The fraction of sp³-hybridized carbons (Fsp3) is 0.538. The third-order valence-electron chi connectivity index (χ3n) is 3.33. The number of aryl methyl sites for hydroxylation is 1. The van der Waals surface area contributed by atoms with Gasteiger partial charge in [0.1, 0.15) is 6.61 Å². The second-order valence-electron chi connectivity index (χ2n) is 4.63. The van der Waals surface area contributed by atoms with Crippen molar-refractivity contribution in [2.75, 3.05) is 32.8 Å². The van der Waals surface area contributed by atoms with E-state index in [0.717, 1.165) is 9.21 Å². The van der Waals surface area contributed by atoms with Gasteiger partial charge in [0, 0.05) is 37.5 Å². The van der Waals surface area contributed by atoms with Gasteiger partial charge in [-0.1, -0.05) is 11.6 Å². The number of aliphatic hydroxyl groups is 1. The van der Waals surface area contributed by atoms with E-state index < -0.39 is 6.61 Å². The summed E-state index contributed by atoms with van der Waals surface area (Å²) in [6.07, 6.45) is 1.16. The van der Waals surface area contributed by atoms with Crippen LogP contribution in [-0.2, 0) is 16.0 Å². The standard InChI is InChI=1S/C13H17ClN2O3S/c14-11-3-1-10(20-11)2-4-12(18)15-5-7-16(8-6-15)13(19)9-17/h1,3,17H,2,4-9H2. The van der Waals surface area contributed by atoms with Crippen LogP contribution in [0.2, 0.25) is 4.34 Å². The van der Waals surface area contributed by atoms with Gasteiger partial charge in [0.25, 0.3) is 0 Å². The maximum absolute atomic E-state index is 12.1. The molecule has 0 unspecified atom stereocenters. The number of hydrogen-bond acceptors (Lipinski definition) is 4. The molecule has 0 atom stereocenters. The first-order valence-corrected chi connectivity index (χ1v) is 7.70. The Hall–Kier alpha value is -1.11. The Morgan fingerprint density at radius 2 is 1.75 bits per heavy atom. The summed E-state index contributed by atoms with van der Waals surface area (Å²) >= 11 is 7.35. The molecule has 0 spiro atoms. The van der Waals surface area contributed by atoms with Gasteiger partial charge in [0.15, 0.2) is 0 Å². The van der Waals surface area contributed by atoms with Gasteiger partial charge in [-0.2, -0.15) is 0 Å². The predicted octanol–water partition coefficient (Wildman–Crippen LogP) is 0.997. The van der Waals surface area contributed by atoms with Crippen molar-refractivity contribution >= 4 is 34.8 Å². The van der Waals surface area contributed by atoms with E-state index in [4.69, 9.17) is 16.7 Å². The summed E-state index contributed by atoms with van der Waals surface area (Å²) in [6, 6.07) is 3.78. The first-order valence-electron chi connectivity index (χ1n) is 6.51. The van der Waals surface area contributed by atoms with Crippen LogP contribution in [-0.4, -0.2) is 59.5 Å². The number of rotatable bonds is 4. The maximum Gasteiger partial charge on any atom is 0.248 e. The summed E-state index contributed by atoms with van der Waals surface area (Å²) in [4.78, 5) is 27.9. The first-order chi connectivity index (χ1) is 9.60. The average Bonchev–Trinajstić information content (AvgIpc) is 2.89. The summed E-state index contributed by atoms with van der Waals surface area (Å²) in [5.74, 6) is -0.170. The molecule has 1 aliphatic heterocycles. The predicted molar refractivity (Wildman–Crippen MR) is 77.9 cm³/mol.